The first kappa shape index (κ1) is 19.2. The average Bonchev–Trinajstić information content (AvgIpc) is 3.02. The van der Waals surface area contributed by atoms with E-state index in [0.717, 1.165) is 15.0 Å². The van der Waals surface area contributed by atoms with Crippen LogP contribution in [-0.2, 0) is 6.54 Å². The molecule has 0 unspecified atom stereocenters. The number of ketones is 1. The van der Waals surface area contributed by atoms with E-state index in [9.17, 15) is 14.7 Å². The van der Waals surface area contributed by atoms with Crippen molar-refractivity contribution in [3.63, 3.8) is 0 Å². The van der Waals surface area contributed by atoms with Crippen molar-refractivity contribution < 1.29 is 14.6 Å². The molecule has 0 atom stereocenters. The summed E-state index contributed by atoms with van der Waals surface area (Å²) in [5.41, 5.74) is 0.174. The van der Waals surface area contributed by atoms with Crippen LogP contribution in [0.2, 0.25) is 5.02 Å². The molecule has 0 radical (unpaired) electrons. The zero-order valence-corrected chi connectivity index (χ0v) is 15.6. The van der Waals surface area contributed by atoms with E-state index in [-0.39, 0.29) is 18.0 Å². The second kappa shape index (κ2) is 8.45. The number of Topliss-reactive ketones (excluding diaryl/α,β-unsaturated/α-hetero) is 1. The van der Waals surface area contributed by atoms with Crippen LogP contribution in [0.3, 0.4) is 0 Å². The van der Waals surface area contributed by atoms with E-state index in [4.69, 9.17) is 11.6 Å². The number of aromatic nitrogens is 3. The molecule has 0 spiro atoms. The van der Waals surface area contributed by atoms with E-state index < -0.39 is 11.5 Å². The fraction of sp³-hybridized carbons (Fsp3) is 0.105. The molecular formula is C19H16ClN5O3. The third-order valence-corrected chi connectivity index (χ3v) is 4.13. The lowest BCUT2D eigenvalue weighted by Crippen LogP contribution is -2.48. The molecule has 142 valence electrons. The number of hydrogen-bond donors (Lipinski definition) is 1. The number of benzene rings is 2. The fourth-order valence-corrected chi connectivity index (χ4v) is 2.59. The van der Waals surface area contributed by atoms with E-state index in [2.05, 4.69) is 15.3 Å². The Balaban J connectivity index is 1.95. The largest absolute Gasteiger partial charge is 0.856 e. The normalized spacial score (nSPS) is 11.9. The molecule has 3 rings (SSSR count). The molecule has 28 heavy (non-hydrogen) atoms. The van der Waals surface area contributed by atoms with Crippen molar-refractivity contribution in [3.05, 3.63) is 86.8 Å². The van der Waals surface area contributed by atoms with Crippen molar-refractivity contribution in [2.45, 2.75) is 6.54 Å². The molecule has 9 heteroatoms. The number of halogens is 1. The van der Waals surface area contributed by atoms with Crippen LogP contribution < -0.4 is 15.3 Å². The third kappa shape index (κ3) is 4.24. The highest BCUT2D eigenvalue weighted by Gasteiger charge is 2.24. The van der Waals surface area contributed by atoms with E-state index in [1.54, 1.807) is 24.3 Å². The van der Waals surface area contributed by atoms with Crippen LogP contribution in [0.5, 0.6) is 0 Å². The minimum atomic E-state index is -0.751. The third-order valence-electron chi connectivity index (χ3n) is 3.88. The monoisotopic (exact) mass is 397 g/mol. The van der Waals surface area contributed by atoms with Crippen LogP contribution >= 0.6 is 11.6 Å². The lowest BCUT2D eigenvalue weighted by molar-refractivity contribution is -0.745. The SMILES string of the molecule is CN=C([O-])c1c(=O)n(N=Cc2ccccc2)[nH][n+]1CC(=O)c1ccc(Cl)cc1. The summed E-state index contributed by atoms with van der Waals surface area (Å²) in [6, 6.07) is 15.4. The van der Waals surface area contributed by atoms with Crippen LogP contribution in [0.15, 0.2) is 69.5 Å². The van der Waals surface area contributed by atoms with Gasteiger partial charge in [0, 0.05) is 28.3 Å². The average molecular weight is 398 g/mol. The van der Waals surface area contributed by atoms with Gasteiger partial charge in [0.05, 0.1) is 6.21 Å². The van der Waals surface area contributed by atoms with Gasteiger partial charge in [-0.3, -0.25) is 9.79 Å². The Morgan fingerprint density at radius 2 is 1.89 bits per heavy atom. The van der Waals surface area contributed by atoms with Gasteiger partial charge in [0.15, 0.2) is 6.54 Å². The molecule has 3 aromatic rings. The Kier molecular flexibility index (Phi) is 5.81. The topological polar surface area (TPSA) is 107 Å². The number of nitrogens with zero attached hydrogens (tertiary/aromatic N) is 4. The Bertz CT molecular complexity index is 1100. The molecule has 0 aliphatic rings. The molecule has 8 nitrogen and oxygen atoms in total. The first-order valence-electron chi connectivity index (χ1n) is 8.27. The predicted molar refractivity (Wildman–Crippen MR) is 103 cm³/mol. The number of hydrogen-bond acceptors (Lipinski definition) is 5. The maximum absolute atomic E-state index is 12.6. The van der Waals surface area contributed by atoms with Crippen molar-refractivity contribution in [2.24, 2.45) is 10.1 Å². The lowest BCUT2D eigenvalue weighted by Gasteiger charge is -2.05. The van der Waals surface area contributed by atoms with E-state index >= 15 is 0 Å². The Morgan fingerprint density at radius 3 is 2.54 bits per heavy atom. The van der Waals surface area contributed by atoms with Gasteiger partial charge in [-0.2, -0.15) is 0 Å². The van der Waals surface area contributed by atoms with Gasteiger partial charge in [-0.25, -0.2) is 4.79 Å². The molecular weight excluding hydrogens is 382 g/mol. The second-order valence-corrected chi connectivity index (χ2v) is 6.20. The number of rotatable bonds is 6. The summed E-state index contributed by atoms with van der Waals surface area (Å²) in [5.74, 6) is -1.06. The highest BCUT2D eigenvalue weighted by Crippen LogP contribution is 2.10. The van der Waals surface area contributed by atoms with Crippen LogP contribution in [0.1, 0.15) is 21.6 Å². The molecule has 2 aromatic carbocycles. The molecule has 0 aliphatic carbocycles. The summed E-state index contributed by atoms with van der Waals surface area (Å²) >= 11 is 5.83. The molecule has 1 aromatic heterocycles. The van der Waals surface area contributed by atoms with E-state index in [0.29, 0.717) is 10.6 Å². The van der Waals surface area contributed by atoms with E-state index in [1.165, 1.54) is 13.3 Å². The van der Waals surface area contributed by atoms with Gasteiger partial charge >= 0.3 is 5.56 Å². The Morgan fingerprint density at radius 1 is 1.21 bits per heavy atom. The summed E-state index contributed by atoms with van der Waals surface area (Å²) in [6.07, 6.45) is 1.46. The number of carbonyl (C=O) groups excluding carboxylic acids is 1. The van der Waals surface area contributed by atoms with Crippen LogP contribution in [0.25, 0.3) is 0 Å². The van der Waals surface area contributed by atoms with Gasteiger partial charge in [-0.05, 0) is 29.8 Å². The van der Waals surface area contributed by atoms with Gasteiger partial charge in [-0.15, -0.1) is 4.68 Å². The summed E-state index contributed by atoms with van der Waals surface area (Å²) < 4.78 is 1.14. The zero-order chi connectivity index (χ0) is 20.1. The van der Waals surface area contributed by atoms with Crippen LogP contribution in [0, 0.1) is 0 Å². The van der Waals surface area contributed by atoms with Gasteiger partial charge in [0.1, 0.15) is 0 Å². The molecule has 0 saturated heterocycles. The summed E-state index contributed by atoms with van der Waals surface area (Å²) in [4.78, 5) is 29.5. The first-order chi connectivity index (χ1) is 13.5. The molecule has 0 fully saturated rings. The number of aliphatic imine (C=N–C) groups is 1. The van der Waals surface area contributed by atoms with Crippen molar-refractivity contribution in [1.29, 1.82) is 0 Å². The van der Waals surface area contributed by atoms with Gasteiger partial charge in [0.25, 0.3) is 5.69 Å². The molecule has 0 bridgehead atoms. The van der Waals surface area contributed by atoms with Crippen molar-refractivity contribution in [3.8, 4) is 0 Å². The first-order valence-corrected chi connectivity index (χ1v) is 8.64. The van der Waals surface area contributed by atoms with Gasteiger partial charge in [-0.1, -0.05) is 52.2 Å². The number of aromatic amines is 1. The lowest BCUT2D eigenvalue weighted by atomic mass is 10.1. The summed E-state index contributed by atoms with van der Waals surface area (Å²) in [5, 5.41) is 19.3. The highest BCUT2D eigenvalue weighted by atomic mass is 35.5. The zero-order valence-electron chi connectivity index (χ0n) is 14.9. The molecule has 0 amide bonds. The maximum atomic E-state index is 12.6. The van der Waals surface area contributed by atoms with Crippen LogP contribution in [-0.4, -0.2) is 34.9 Å². The highest BCUT2D eigenvalue weighted by molar-refractivity contribution is 6.30. The smallest absolute Gasteiger partial charge is 0.427 e. The fourth-order valence-electron chi connectivity index (χ4n) is 2.47. The maximum Gasteiger partial charge on any atom is 0.427 e. The second-order valence-electron chi connectivity index (χ2n) is 5.77. The quantitative estimate of drug-likeness (QED) is 0.285. The molecule has 0 aliphatic heterocycles. The summed E-state index contributed by atoms with van der Waals surface area (Å²) in [6.45, 7) is -0.263. The van der Waals surface area contributed by atoms with Crippen molar-refractivity contribution in [2.75, 3.05) is 7.05 Å². The van der Waals surface area contributed by atoms with Crippen LogP contribution in [0.4, 0.5) is 0 Å². The molecule has 1 heterocycles. The van der Waals surface area contributed by atoms with Gasteiger partial charge < -0.3 is 5.11 Å². The Labute approximate surface area is 165 Å². The van der Waals surface area contributed by atoms with Crippen molar-refractivity contribution in [1.82, 2.24) is 10.0 Å². The summed E-state index contributed by atoms with van der Waals surface area (Å²) in [7, 11) is 1.28. The molecule has 1 N–H and O–H groups in total. The predicted octanol–water partition coefficient (Wildman–Crippen LogP) is 0.619. The number of nitrogens with one attached hydrogen (secondary N) is 1. The minimum absolute atomic E-state index is 0.263. The number of carbonyl (C=O) groups is 1. The van der Waals surface area contributed by atoms with Gasteiger partial charge in [0.2, 0.25) is 5.78 Å². The number of H-pyrrole nitrogens is 1. The molecule has 0 saturated carbocycles. The standard InChI is InChI=1S/C19H16ClN5O3/c1-21-18(27)17-19(28)25(22-11-13-5-3-2-4-6-13)23-24(17)12-16(26)14-7-9-15(20)10-8-14/h2-11H,12H2,1H3,(H-,21,23,27,28). The van der Waals surface area contributed by atoms with E-state index in [1.807, 2.05) is 30.3 Å². The Hall–Kier alpha value is -3.52. The van der Waals surface area contributed by atoms with Crippen molar-refractivity contribution >= 4 is 29.5 Å². The minimum Gasteiger partial charge on any atom is -0.856 e.